The van der Waals surface area contributed by atoms with Crippen LogP contribution in [0.15, 0.2) is 6.07 Å². The normalized spacial score (nSPS) is 11.4. The van der Waals surface area contributed by atoms with Crippen molar-refractivity contribution >= 4 is 5.97 Å². The first-order valence-electron chi connectivity index (χ1n) is 4.40. The molecule has 0 aliphatic heterocycles. The minimum atomic E-state index is -0.501. The number of nitrogens with zero attached hydrogens (tertiary/aromatic N) is 1. The minimum absolute atomic E-state index is 0.264. The third-order valence-corrected chi connectivity index (χ3v) is 1.46. The number of nitrogens with one attached hydrogen (secondary N) is 1. The van der Waals surface area contributed by atoms with E-state index in [4.69, 9.17) is 10.5 Å². The summed E-state index contributed by atoms with van der Waals surface area (Å²) in [6.45, 7) is 5.75. The van der Waals surface area contributed by atoms with E-state index in [1.807, 2.05) is 0 Å². The van der Waals surface area contributed by atoms with Crippen LogP contribution in [0.1, 0.15) is 37.0 Å². The third-order valence-electron chi connectivity index (χ3n) is 1.46. The molecule has 1 rings (SSSR count). The first-order valence-corrected chi connectivity index (χ1v) is 4.40. The number of aromatic nitrogens is 2. The van der Waals surface area contributed by atoms with Crippen molar-refractivity contribution in [3.8, 4) is 0 Å². The fraction of sp³-hybridized carbons (Fsp3) is 0.556. The zero-order chi connectivity index (χ0) is 10.8. The zero-order valence-corrected chi connectivity index (χ0v) is 8.63. The van der Waals surface area contributed by atoms with Crippen LogP contribution in [-0.4, -0.2) is 21.8 Å². The lowest BCUT2D eigenvalue weighted by Crippen LogP contribution is -2.24. The van der Waals surface area contributed by atoms with Crippen molar-refractivity contribution in [3.63, 3.8) is 0 Å². The molecule has 0 aromatic carbocycles. The number of hydrogen-bond acceptors (Lipinski definition) is 4. The fourth-order valence-corrected chi connectivity index (χ4v) is 0.901. The van der Waals surface area contributed by atoms with E-state index in [0.717, 1.165) is 0 Å². The lowest BCUT2D eigenvalue weighted by Gasteiger charge is -2.18. The van der Waals surface area contributed by atoms with E-state index in [0.29, 0.717) is 12.2 Å². The van der Waals surface area contributed by atoms with Crippen molar-refractivity contribution in [1.82, 2.24) is 10.2 Å². The van der Waals surface area contributed by atoms with Crippen LogP contribution in [0, 0.1) is 0 Å². The summed E-state index contributed by atoms with van der Waals surface area (Å²) >= 11 is 0. The molecule has 5 nitrogen and oxygen atoms in total. The summed E-state index contributed by atoms with van der Waals surface area (Å²) in [7, 11) is 0. The van der Waals surface area contributed by atoms with Gasteiger partial charge in [0.15, 0.2) is 5.69 Å². The van der Waals surface area contributed by atoms with Gasteiger partial charge in [-0.3, -0.25) is 5.10 Å². The largest absolute Gasteiger partial charge is 0.455 e. The summed E-state index contributed by atoms with van der Waals surface area (Å²) < 4.78 is 5.12. The fourth-order valence-electron chi connectivity index (χ4n) is 0.901. The number of hydrogen-bond donors (Lipinski definition) is 2. The van der Waals surface area contributed by atoms with Crippen molar-refractivity contribution in [2.75, 3.05) is 0 Å². The number of H-pyrrole nitrogens is 1. The molecule has 0 aliphatic carbocycles. The molecular weight excluding hydrogens is 182 g/mol. The van der Waals surface area contributed by atoms with E-state index in [9.17, 15) is 4.79 Å². The summed E-state index contributed by atoms with van der Waals surface area (Å²) in [5, 5.41) is 6.44. The van der Waals surface area contributed by atoms with Crippen molar-refractivity contribution in [1.29, 1.82) is 0 Å². The van der Waals surface area contributed by atoms with E-state index in [2.05, 4.69) is 10.2 Å². The standard InChI is InChI=1S/C9H15N3O2/c1-9(2,3)14-8(13)7-4-6(5-10)11-12-7/h4H,5,10H2,1-3H3,(H,11,12). The molecule has 3 N–H and O–H groups in total. The summed E-state index contributed by atoms with van der Waals surface area (Å²) in [5.74, 6) is -0.437. The second-order valence-corrected chi connectivity index (χ2v) is 3.98. The Morgan fingerprint density at radius 2 is 2.29 bits per heavy atom. The number of esters is 1. The molecule has 0 unspecified atom stereocenters. The number of rotatable bonds is 2. The molecule has 5 heteroatoms. The number of carbonyl (C=O) groups is 1. The van der Waals surface area contributed by atoms with E-state index in [1.54, 1.807) is 26.8 Å². The summed E-state index contributed by atoms with van der Waals surface area (Å²) in [4.78, 5) is 11.4. The van der Waals surface area contributed by atoms with Gasteiger partial charge in [-0.15, -0.1) is 0 Å². The Labute approximate surface area is 82.6 Å². The molecule has 0 bridgehead atoms. The minimum Gasteiger partial charge on any atom is -0.455 e. The molecule has 0 radical (unpaired) electrons. The van der Waals surface area contributed by atoms with Crippen LogP contribution in [0.4, 0.5) is 0 Å². The van der Waals surface area contributed by atoms with Crippen molar-refractivity contribution in [3.05, 3.63) is 17.5 Å². The molecule has 1 heterocycles. The van der Waals surface area contributed by atoms with Crippen LogP contribution < -0.4 is 5.73 Å². The highest BCUT2D eigenvalue weighted by Gasteiger charge is 2.19. The first kappa shape index (κ1) is 10.7. The van der Waals surface area contributed by atoms with Gasteiger partial charge in [-0.05, 0) is 26.8 Å². The number of ether oxygens (including phenoxy) is 1. The highest BCUT2D eigenvalue weighted by atomic mass is 16.6. The molecule has 1 aromatic heterocycles. The number of carbonyl (C=O) groups excluding carboxylic acids is 1. The Morgan fingerprint density at radius 3 is 2.71 bits per heavy atom. The summed E-state index contributed by atoms with van der Waals surface area (Å²) in [5.41, 5.74) is 5.84. The van der Waals surface area contributed by atoms with Crippen LogP contribution in [-0.2, 0) is 11.3 Å². The molecule has 0 saturated heterocycles. The van der Waals surface area contributed by atoms with E-state index < -0.39 is 11.6 Å². The van der Waals surface area contributed by atoms with Crippen LogP contribution in [0.5, 0.6) is 0 Å². The lowest BCUT2D eigenvalue weighted by molar-refractivity contribution is 0.00628. The zero-order valence-electron chi connectivity index (χ0n) is 8.63. The molecule has 0 fully saturated rings. The van der Waals surface area contributed by atoms with Gasteiger partial charge < -0.3 is 10.5 Å². The molecule has 0 saturated carbocycles. The van der Waals surface area contributed by atoms with Gasteiger partial charge in [0, 0.05) is 12.2 Å². The maximum Gasteiger partial charge on any atom is 0.359 e. The van der Waals surface area contributed by atoms with Crippen LogP contribution in [0.25, 0.3) is 0 Å². The van der Waals surface area contributed by atoms with Gasteiger partial charge in [-0.1, -0.05) is 0 Å². The van der Waals surface area contributed by atoms with Gasteiger partial charge in [-0.2, -0.15) is 5.10 Å². The van der Waals surface area contributed by atoms with E-state index in [1.165, 1.54) is 0 Å². The van der Waals surface area contributed by atoms with Crippen LogP contribution >= 0.6 is 0 Å². The lowest BCUT2D eigenvalue weighted by atomic mass is 10.2. The maximum atomic E-state index is 11.4. The number of aromatic amines is 1. The molecule has 0 aliphatic rings. The van der Waals surface area contributed by atoms with Gasteiger partial charge in [-0.25, -0.2) is 4.79 Å². The third kappa shape index (κ3) is 2.85. The Morgan fingerprint density at radius 1 is 1.64 bits per heavy atom. The maximum absolute atomic E-state index is 11.4. The molecule has 0 atom stereocenters. The predicted molar refractivity (Wildman–Crippen MR) is 51.6 cm³/mol. The van der Waals surface area contributed by atoms with Crippen LogP contribution in [0.3, 0.4) is 0 Å². The second kappa shape index (κ2) is 3.79. The van der Waals surface area contributed by atoms with Gasteiger partial charge >= 0.3 is 5.97 Å². The topological polar surface area (TPSA) is 81.0 Å². The molecule has 1 aromatic rings. The SMILES string of the molecule is CC(C)(C)OC(=O)c1cc(CN)[nH]n1. The van der Waals surface area contributed by atoms with Gasteiger partial charge in [0.25, 0.3) is 0 Å². The first-order chi connectivity index (χ1) is 6.42. The van der Waals surface area contributed by atoms with Gasteiger partial charge in [0.1, 0.15) is 5.60 Å². The summed E-state index contributed by atoms with van der Waals surface area (Å²) in [6, 6.07) is 1.59. The summed E-state index contributed by atoms with van der Waals surface area (Å²) in [6.07, 6.45) is 0. The van der Waals surface area contributed by atoms with Gasteiger partial charge in [0.05, 0.1) is 0 Å². The Hall–Kier alpha value is -1.36. The number of nitrogens with two attached hydrogens (primary N) is 1. The molecule has 14 heavy (non-hydrogen) atoms. The average molecular weight is 197 g/mol. The Bertz CT molecular complexity index is 325. The highest BCUT2D eigenvalue weighted by molar-refractivity contribution is 5.87. The quantitative estimate of drug-likeness (QED) is 0.688. The van der Waals surface area contributed by atoms with E-state index >= 15 is 0 Å². The molecule has 0 amide bonds. The molecule has 78 valence electrons. The highest BCUT2D eigenvalue weighted by Crippen LogP contribution is 2.10. The van der Waals surface area contributed by atoms with Gasteiger partial charge in [0.2, 0.25) is 0 Å². The second-order valence-electron chi connectivity index (χ2n) is 3.98. The van der Waals surface area contributed by atoms with Crippen molar-refractivity contribution < 1.29 is 9.53 Å². The van der Waals surface area contributed by atoms with E-state index in [-0.39, 0.29) is 5.69 Å². The van der Waals surface area contributed by atoms with Crippen molar-refractivity contribution in [2.45, 2.75) is 32.9 Å². The van der Waals surface area contributed by atoms with Crippen molar-refractivity contribution in [2.24, 2.45) is 5.73 Å². The Kier molecular flexibility index (Phi) is 2.90. The Balaban J connectivity index is 2.70. The predicted octanol–water partition coefficient (Wildman–Crippen LogP) is 0.824. The monoisotopic (exact) mass is 197 g/mol. The average Bonchev–Trinajstić information content (AvgIpc) is 2.48. The van der Waals surface area contributed by atoms with Crippen LogP contribution in [0.2, 0.25) is 0 Å². The molecule has 0 spiro atoms. The molecular formula is C9H15N3O2. The smallest absolute Gasteiger partial charge is 0.359 e.